The molecule has 2 nitrogen and oxygen atoms in total. The van der Waals surface area contributed by atoms with E-state index in [-0.39, 0.29) is 5.92 Å². The molecule has 0 saturated carbocycles. The van der Waals surface area contributed by atoms with Gasteiger partial charge in [-0.05, 0) is 44.0 Å². The summed E-state index contributed by atoms with van der Waals surface area (Å²) in [7, 11) is -1.28. The largest absolute Gasteiger partial charge is 0.249 e. The lowest BCUT2D eigenvalue weighted by Crippen LogP contribution is -2.04. The van der Waals surface area contributed by atoms with Gasteiger partial charge in [-0.3, -0.25) is 0 Å². The summed E-state index contributed by atoms with van der Waals surface area (Å²) in [5, 5.41) is 9.45. The van der Waals surface area contributed by atoms with Gasteiger partial charge in [0, 0.05) is 9.79 Å². The van der Waals surface area contributed by atoms with Crippen LogP contribution in [0.25, 0.3) is 0 Å². The van der Waals surface area contributed by atoms with E-state index in [1.807, 2.05) is 62.4 Å². The number of hydrogen-bond acceptors (Lipinski definition) is 2. The quantitative estimate of drug-likeness (QED) is 0.749. The van der Waals surface area contributed by atoms with E-state index in [4.69, 9.17) is 0 Å². The second kappa shape index (κ2) is 7.20. The van der Waals surface area contributed by atoms with E-state index in [0.717, 1.165) is 21.6 Å². The first-order valence-corrected chi connectivity index (χ1v) is 8.29. The predicted molar refractivity (Wildman–Crippen MR) is 90.1 cm³/mol. The number of hydrogen-bond donors (Lipinski definition) is 0. The van der Waals surface area contributed by atoms with Crippen LogP contribution in [-0.2, 0) is 10.8 Å². The van der Waals surface area contributed by atoms with Crippen molar-refractivity contribution in [2.75, 3.05) is 0 Å². The van der Waals surface area contributed by atoms with Crippen LogP contribution in [0.3, 0.4) is 0 Å². The number of rotatable bonds is 5. The van der Waals surface area contributed by atoms with Crippen LogP contribution >= 0.6 is 0 Å². The van der Waals surface area contributed by atoms with Gasteiger partial charge in [0.1, 0.15) is 0 Å². The molecule has 0 fully saturated rings. The Morgan fingerprint density at radius 3 is 2.45 bits per heavy atom. The molecule has 22 heavy (non-hydrogen) atoms. The normalized spacial score (nSPS) is 13.1. The fraction of sp³-hybridized carbons (Fsp3) is 0.211. The first-order chi connectivity index (χ1) is 10.5. The third kappa shape index (κ3) is 3.72. The van der Waals surface area contributed by atoms with Gasteiger partial charge in [0.25, 0.3) is 0 Å². The van der Waals surface area contributed by atoms with Gasteiger partial charge in [-0.15, -0.1) is 6.58 Å². The minimum Gasteiger partial charge on any atom is -0.249 e. The van der Waals surface area contributed by atoms with E-state index >= 15 is 0 Å². The maximum absolute atomic E-state index is 12.9. The first-order valence-electron chi connectivity index (χ1n) is 7.14. The second-order valence-corrected chi connectivity index (χ2v) is 6.91. The SMILES string of the molecule is C=C(C)CC(C#N)c1ccccc1[S@@](=O)c1ccc(C)cc1. The van der Waals surface area contributed by atoms with Crippen molar-refractivity contribution in [3.8, 4) is 6.07 Å². The summed E-state index contributed by atoms with van der Waals surface area (Å²) in [4.78, 5) is 1.46. The number of aryl methyl sites for hydroxylation is 1. The van der Waals surface area contributed by atoms with Crippen molar-refractivity contribution in [1.82, 2.24) is 0 Å². The van der Waals surface area contributed by atoms with E-state index in [9.17, 15) is 9.47 Å². The number of nitriles is 1. The molecule has 0 N–H and O–H groups in total. The van der Waals surface area contributed by atoms with E-state index in [2.05, 4.69) is 12.6 Å². The van der Waals surface area contributed by atoms with Gasteiger partial charge in [0.2, 0.25) is 0 Å². The maximum Gasteiger partial charge on any atom is 0.0852 e. The lowest BCUT2D eigenvalue weighted by Gasteiger charge is -2.14. The monoisotopic (exact) mass is 309 g/mol. The highest BCUT2D eigenvalue weighted by Crippen LogP contribution is 2.29. The van der Waals surface area contributed by atoms with Crippen LogP contribution in [0.5, 0.6) is 0 Å². The van der Waals surface area contributed by atoms with Gasteiger partial charge in [0.15, 0.2) is 0 Å². The summed E-state index contributed by atoms with van der Waals surface area (Å²) < 4.78 is 12.9. The van der Waals surface area contributed by atoms with Crippen LogP contribution in [0.2, 0.25) is 0 Å². The summed E-state index contributed by atoms with van der Waals surface area (Å²) in [5.41, 5.74) is 2.90. The highest BCUT2D eigenvalue weighted by Gasteiger charge is 2.19. The van der Waals surface area contributed by atoms with Gasteiger partial charge in [-0.25, -0.2) is 4.21 Å². The summed E-state index contributed by atoms with van der Waals surface area (Å²) in [6.07, 6.45) is 0.582. The molecule has 112 valence electrons. The molecule has 1 unspecified atom stereocenters. The van der Waals surface area contributed by atoms with E-state index < -0.39 is 10.8 Å². The molecule has 2 rings (SSSR count). The van der Waals surface area contributed by atoms with E-state index in [1.54, 1.807) is 0 Å². The van der Waals surface area contributed by atoms with Gasteiger partial charge in [0.05, 0.1) is 22.8 Å². The van der Waals surface area contributed by atoms with Crippen molar-refractivity contribution >= 4 is 10.8 Å². The van der Waals surface area contributed by atoms with Gasteiger partial charge in [-0.2, -0.15) is 5.26 Å². The number of allylic oxidation sites excluding steroid dienone is 1. The van der Waals surface area contributed by atoms with Crippen molar-refractivity contribution in [2.24, 2.45) is 0 Å². The average Bonchev–Trinajstić information content (AvgIpc) is 2.52. The van der Waals surface area contributed by atoms with Gasteiger partial charge < -0.3 is 0 Å². The molecule has 0 heterocycles. The van der Waals surface area contributed by atoms with Crippen molar-refractivity contribution < 1.29 is 4.21 Å². The Morgan fingerprint density at radius 1 is 1.23 bits per heavy atom. The molecule has 0 aliphatic carbocycles. The third-order valence-corrected chi connectivity index (χ3v) is 4.91. The van der Waals surface area contributed by atoms with Crippen molar-refractivity contribution in [1.29, 1.82) is 5.26 Å². The number of nitrogens with zero attached hydrogens (tertiary/aromatic N) is 1. The summed E-state index contributed by atoms with van der Waals surface area (Å²) in [6, 6.07) is 17.4. The minimum atomic E-state index is -1.28. The first kappa shape index (κ1) is 16.2. The van der Waals surface area contributed by atoms with Crippen molar-refractivity contribution in [2.45, 2.75) is 36.0 Å². The maximum atomic E-state index is 12.9. The molecular weight excluding hydrogens is 290 g/mol. The van der Waals surface area contributed by atoms with Crippen LogP contribution in [0, 0.1) is 18.3 Å². The minimum absolute atomic E-state index is 0.317. The smallest absolute Gasteiger partial charge is 0.0852 e. The molecule has 0 aliphatic heterocycles. The fourth-order valence-electron chi connectivity index (χ4n) is 2.30. The van der Waals surface area contributed by atoms with Crippen molar-refractivity contribution in [3.63, 3.8) is 0 Å². The molecule has 0 amide bonds. The lowest BCUT2D eigenvalue weighted by molar-refractivity contribution is 0.681. The molecular formula is C19H19NOS. The van der Waals surface area contributed by atoms with Crippen LogP contribution in [-0.4, -0.2) is 4.21 Å². The van der Waals surface area contributed by atoms with Crippen molar-refractivity contribution in [3.05, 3.63) is 71.8 Å². The Morgan fingerprint density at radius 2 is 1.86 bits per heavy atom. The summed E-state index contributed by atoms with van der Waals surface area (Å²) in [6.45, 7) is 7.79. The van der Waals surface area contributed by atoms with Crippen LogP contribution in [0.1, 0.15) is 30.4 Å². The molecule has 0 bridgehead atoms. The lowest BCUT2D eigenvalue weighted by atomic mass is 9.94. The zero-order valence-corrected chi connectivity index (χ0v) is 13.7. The van der Waals surface area contributed by atoms with E-state index in [0.29, 0.717) is 11.3 Å². The Bertz CT molecular complexity index is 741. The molecule has 2 atom stereocenters. The Hall–Kier alpha value is -2.18. The molecule has 2 aromatic carbocycles. The van der Waals surface area contributed by atoms with Gasteiger partial charge in [-0.1, -0.05) is 41.5 Å². The fourth-order valence-corrected chi connectivity index (χ4v) is 3.56. The highest BCUT2D eigenvalue weighted by atomic mass is 32.2. The molecule has 2 aromatic rings. The summed E-state index contributed by atoms with van der Waals surface area (Å²) in [5.74, 6) is -0.317. The Labute approximate surface area is 134 Å². The summed E-state index contributed by atoms with van der Waals surface area (Å²) >= 11 is 0. The van der Waals surface area contributed by atoms with Crippen LogP contribution in [0.15, 0.2) is 70.5 Å². The van der Waals surface area contributed by atoms with Crippen LogP contribution < -0.4 is 0 Å². The zero-order valence-electron chi connectivity index (χ0n) is 12.9. The highest BCUT2D eigenvalue weighted by molar-refractivity contribution is 7.85. The Balaban J connectivity index is 2.43. The average molecular weight is 309 g/mol. The van der Waals surface area contributed by atoms with E-state index in [1.165, 1.54) is 0 Å². The van der Waals surface area contributed by atoms with Gasteiger partial charge >= 0.3 is 0 Å². The molecule has 0 saturated heterocycles. The number of benzene rings is 2. The third-order valence-electron chi connectivity index (χ3n) is 3.44. The topological polar surface area (TPSA) is 40.9 Å². The molecule has 0 aromatic heterocycles. The zero-order chi connectivity index (χ0) is 16.1. The molecule has 3 heteroatoms. The standard InChI is InChI=1S/C19H19NOS/c1-14(2)12-16(13-20)18-6-4-5-7-19(18)22(21)17-10-8-15(3)9-11-17/h4-11,16H,1,12H2,2-3H3/t16?,22-/m0/s1. The molecule has 0 radical (unpaired) electrons. The molecule has 0 spiro atoms. The van der Waals surface area contributed by atoms with Crippen LogP contribution in [0.4, 0.5) is 0 Å². The Kier molecular flexibility index (Phi) is 5.30. The predicted octanol–water partition coefficient (Wildman–Crippen LogP) is 4.74. The second-order valence-electron chi connectivity index (χ2n) is 5.46. The molecule has 0 aliphatic rings.